The van der Waals surface area contributed by atoms with Gasteiger partial charge in [-0.25, -0.2) is 9.50 Å². The maximum absolute atomic E-state index is 13.8. The van der Waals surface area contributed by atoms with Crippen molar-refractivity contribution in [1.82, 2.24) is 34.2 Å². The molecule has 3 saturated heterocycles. The van der Waals surface area contributed by atoms with E-state index < -0.39 is 12.5 Å². The summed E-state index contributed by atoms with van der Waals surface area (Å²) in [4.78, 5) is 36.9. The smallest absolute Gasteiger partial charge is 0.387 e. The van der Waals surface area contributed by atoms with Gasteiger partial charge in [-0.3, -0.25) is 19.2 Å². The average Bonchev–Trinajstić information content (AvgIpc) is 3.74. The molecule has 1 aromatic carbocycles. The van der Waals surface area contributed by atoms with Crippen molar-refractivity contribution < 1.29 is 32.6 Å². The largest absolute Gasteiger partial charge is 0.434 e. The van der Waals surface area contributed by atoms with E-state index in [0.717, 1.165) is 70.2 Å². The first kappa shape index (κ1) is 37.2. The Morgan fingerprint density at radius 3 is 2.58 bits per heavy atom. The predicted octanol–water partition coefficient (Wildman–Crippen LogP) is 5.17. The minimum atomic E-state index is -3.08. The van der Waals surface area contributed by atoms with Crippen molar-refractivity contribution in [3.05, 3.63) is 54.6 Å². The number of morpholine rings is 1. The summed E-state index contributed by atoms with van der Waals surface area (Å²) >= 11 is 1.55. The topological polar surface area (TPSA) is 128 Å². The van der Waals surface area contributed by atoms with Crippen LogP contribution in [0.5, 0.6) is 5.75 Å². The van der Waals surface area contributed by atoms with Crippen molar-refractivity contribution in [2.75, 3.05) is 64.5 Å². The van der Waals surface area contributed by atoms with Gasteiger partial charge in [-0.2, -0.15) is 19.0 Å². The quantitative estimate of drug-likeness (QED) is 0.172. The number of nitrogens with one attached hydrogen (secondary N) is 1. The number of anilines is 1. The van der Waals surface area contributed by atoms with E-state index in [9.17, 15) is 18.4 Å². The Labute approximate surface area is 311 Å². The van der Waals surface area contributed by atoms with Gasteiger partial charge in [0, 0.05) is 66.4 Å². The van der Waals surface area contributed by atoms with Gasteiger partial charge >= 0.3 is 6.61 Å². The number of hydrogen-bond acceptors (Lipinski definition) is 10. The number of nitrogens with zero attached hydrogens (tertiary/aromatic N) is 7. The average molecular weight is 753 g/mol. The van der Waals surface area contributed by atoms with E-state index in [1.54, 1.807) is 48.6 Å². The van der Waals surface area contributed by atoms with Gasteiger partial charge in [-0.15, -0.1) is 11.8 Å². The molecular weight excluding hydrogens is 707 g/mol. The summed E-state index contributed by atoms with van der Waals surface area (Å²) in [7, 11) is 0. The predicted molar refractivity (Wildman–Crippen MR) is 195 cm³/mol. The molecule has 3 aliphatic rings. The molecule has 284 valence electrons. The van der Waals surface area contributed by atoms with Gasteiger partial charge in [-0.05, 0) is 61.9 Å². The second-order valence-electron chi connectivity index (χ2n) is 14.1. The lowest BCUT2D eigenvalue weighted by atomic mass is 9.74. The summed E-state index contributed by atoms with van der Waals surface area (Å²) < 4.78 is 46.2. The van der Waals surface area contributed by atoms with Crippen molar-refractivity contribution in [1.29, 1.82) is 0 Å². The van der Waals surface area contributed by atoms with Gasteiger partial charge in [0.05, 0.1) is 38.3 Å². The molecule has 0 spiro atoms. The number of halogens is 2. The Morgan fingerprint density at radius 1 is 1.08 bits per heavy atom. The monoisotopic (exact) mass is 752 g/mol. The number of thioether (sulfide) groups is 1. The Balaban J connectivity index is 1.09. The second-order valence-corrected chi connectivity index (χ2v) is 15.8. The first-order valence-corrected chi connectivity index (χ1v) is 19.2. The molecule has 0 radical (unpaired) electrons. The van der Waals surface area contributed by atoms with Crippen LogP contribution in [-0.4, -0.2) is 117 Å². The number of piperidine rings is 1. The van der Waals surface area contributed by atoms with Gasteiger partial charge in [0.15, 0.2) is 5.65 Å². The molecule has 0 bridgehead atoms. The minimum absolute atomic E-state index is 0.0891. The number of fused-ring (bicyclic) bond motifs is 1. The van der Waals surface area contributed by atoms with Crippen molar-refractivity contribution in [3.8, 4) is 17.0 Å². The van der Waals surface area contributed by atoms with E-state index in [1.165, 1.54) is 21.5 Å². The zero-order chi connectivity index (χ0) is 36.9. The van der Waals surface area contributed by atoms with Gasteiger partial charge in [-0.1, -0.05) is 13.8 Å². The molecule has 16 heteroatoms. The van der Waals surface area contributed by atoms with E-state index >= 15 is 0 Å². The standard InChI is InChI=1S/C37H46F2N8O5S/c1-24(2)53-27-4-5-32(52-37(38)39)29(18-27)34-31(42-36(49)30-19-41-47-10-3-9-40-35(30)47)20-46(43-34)21-33(48)45-12-6-25(7-13-45)28(26-22-51-23-26)8-11-44-14-16-50-17-15-44/h3-5,9-10,18-20,24-26,28,37H,6-8,11-17,21-23H2,1-2H3,(H,42,49). The van der Waals surface area contributed by atoms with E-state index in [1.807, 2.05) is 18.7 Å². The van der Waals surface area contributed by atoms with E-state index in [-0.39, 0.29) is 46.0 Å². The highest BCUT2D eigenvalue weighted by atomic mass is 32.2. The Hall–Kier alpha value is -4.12. The molecule has 7 rings (SSSR count). The van der Waals surface area contributed by atoms with Gasteiger partial charge in [0.1, 0.15) is 23.6 Å². The number of alkyl halides is 2. The Morgan fingerprint density at radius 2 is 1.87 bits per heavy atom. The minimum Gasteiger partial charge on any atom is -0.434 e. The van der Waals surface area contributed by atoms with Gasteiger partial charge in [0.25, 0.3) is 5.91 Å². The number of hydrogen-bond donors (Lipinski definition) is 1. The van der Waals surface area contributed by atoms with Crippen LogP contribution in [0, 0.1) is 17.8 Å². The van der Waals surface area contributed by atoms with Crippen molar-refractivity contribution in [2.24, 2.45) is 17.8 Å². The molecule has 3 aromatic heterocycles. The number of aromatic nitrogens is 5. The fourth-order valence-electron chi connectivity index (χ4n) is 7.54. The Bertz CT molecular complexity index is 1870. The lowest BCUT2D eigenvalue weighted by Gasteiger charge is -2.43. The number of ether oxygens (including phenoxy) is 3. The summed E-state index contributed by atoms with van der Waals surface area (Å²) in [5, 5.41) is 12.0. The fraction of sp³-hybridized carbons (Fsp3) is 0.541. The highest BCUT2D eigenvalue weighted by molar-refractivity contribution is 7.99. The van der Waals surface area contributed by atoms with Crippen LogP contribution in [0.3, 0.4) is 0 Å². The second kappa shape index (κ2) is 16.9. The summed E-state index contributed by atoms with van der Waals surface area (Å²) in [6.07, 6.45) is 9.17. The molecule has 13 nitrogen and oxygen atoms in total. The number of likely N-dealkylation sites (tertiary alicyclic amines) is 1. The van der Waals surface area contributed by atoms with Crippen LogP contribution in [0.2, 0.25) is 0 Å². The Kier molecular flexibility index (Phi) is 11.9. The molecule has 0 aliphatic carbocycles. The number of rotatable bonds is 14. The van der Waals surface area contributed by atoms with E-state index in [4.69, 9.17) is 19.3 Å². The first-order valence-electron chi connectivity index (χ1n) is 18.3. The van der Waals surface area contributed by atoms with E-state index in [0.29, 0.717) is 36.5 Å². The van der Waals surface area contributed by atoms with Crippen LogP contribution in [0.1, 0.15) is 43.5 Å². The molecule has 3 aliphatic heterocycles. The maximum atomic E-state index is 13.8. The normalized spacial score (nSPS) is 18.1. The van der Waals surface area contributed by atoms with Crippen molar-refractivity contribution >= 4 is 34.9 Å². The van der Waals surface area contributed by atoms with Crippen LogP contribution in [0.4, 0.5) is 14.5 Å². The lowest BCUT2D eigenvalue weighted by molar-refractivity contribution is -0.134. The number of carbonyl (C=O) groups is 2. The highest BCUT2D eigenvalue weighted by Gasteiger charge is 2.37. The molecule has 3 fully saturated rings. The van der Waals surface area contributed by atoms with Gasteiger partial charge in [0.2, 0.25) is 5.91 Å². The van der Waals surface area contributed by atoms with Crippen LogP contribution in [-0.2, 0) is 20.8 Å². The molecule has 6 heterocycles. The highest BCUT2D eigenvalue weighted by Crippen LogP contribution is 2.40. The third kappa shape index (κ3) is 8.99. The zero-order valence-electron chi connectivity index (χ0n) is 30.0. The molecule has 4 aromatic rings. The molecule has 1 unspecified atom stereocenters. The molecule has 0 saturated carbocycles. The van der Waals surface area contributed by atoms with E-state index in [2.05, 4.69) is 20.3 Å². The molecule has 53 heavy (non-hydrogen) atoms. The summed E-state index contributed by atoms with van der Waals surface area (Å²) in [6, 6.07) is 6.61. The molecule has 1 N–H and O–H groups in total. The van der Waals surface area contributed by atoms with Crippen LogP contribution in [0.25, 0.3) is 16.9 Å². The molecule has 2 amide bonds. The maximum Gasteiger partial charge on any atom is 0.387 e. The van der Waals surface area contributed by atoms with Crippen molar-refractivity contribution in [3.63, 3.8) is 0 Å². The number of amides is 2. The van der Waals surface area contributed by atoms with Crippen LogP contribution >= 0.6 is 11.8 Å². The third-order valence-corrected chi connectivity index (χ3v) is 11.3. The number of benzene rings is 1. The summed E-state index contributed by atoms with van der Waals surface area (Å²) in [5.74, 6) is 0.920. The molecule has 1 atom stereocenters. The van der Waals surface area contributed by atoms with Crippen LogP contribution in [0.15, 0.2) is 53.9 Å². The zero-order valence-corrected chi connectivity index (χ0v) is 30.9. The fourth-order valence-corrected chi connectivity index (χ4v) is 8.41. The summed E-state index contributed by atoms with van der Waals surface area (Å²) in [6.45, 7) is 8.38. The summed E-state index contributed by atoms with van der Waals surface area (Å²) in [5.41, 5.74) is 1.26. The lowest BCUT2D eigenvalue weighted by Crippen LogP contribution is -2.46. The van der Waals surface area contributed by atoms with Crippen molar-refractivity contribution in [2.45, 2.75) is 56.4 Å². The third-order valence-electron chi connectivity index (χ3n) is 10.3. The van der Waals surface area contributed by atoms with Gasteiger partial charge < -0.3 is 24.4 Å². The SMILES string of the molecule is CC(C)Sc1ccc(OC(F)F)c(-c2nn(CC(=O)N3CCC(C(CCN4CCOCC4)C4COC4)CC3)cc2NC(=O)c2cnn3cccnc23)c1. The molecular formula is C37H46F2N8O5S. The first-order chi connectivity index (χ1) is 25.7. The van der Waals surface area contributed by atoms with Crippen LogP contribution < -0.4 is 10.1 Å². The number of carbonyl (C=O) groups excluding carboxylic acids is 2.